The summed E-state index contributed by atoms with van der Waals surface area (Å²) in [5.74, 6) is -5.20. The number of ether oxygens (including phenoxy) is 2. The summed E-state index contributed by atoms with van der Waals surface area (Å²) in [6.07, 6.45) is 2.70. The zero-order valence-electron chi connectivity index (χ0n) is 18.2. The Hall–Kier alpha value is -2.28. The van der Waals surface area contributed by atoms with Crippen molar-refractivity contribution in [2.24, 2.45) is 11.8 Å². The second kappa shape index (κ2) is 7.86. The van der Waals surface area contributed by atoms with Crippen LogP contribution in [0.4, 0.5) is 0 Å². The highest BCUT2D eigenvalue weighted by Crippen LogP contribution is 2.47. The lowest BCUT2D eigenvalue weighted by molar-refractivity contribution is -0.182. The number of Topliss-reactive ketones (excluding diaryl/α,β-unsaturated/α-hetero) is 1. The molecule has 0 unspecified atom stereocenters. The van der Waals surface area contributed by atoms with Crippen LogP contribution in [-0.4, -0.2) is 44.6 Å². The molecule has 1 heterocycles. The van der Waals surface area contributed by atoms with E-state index in [9.17, 15) is 19.5 Å². The third-order valence-corrected chi connectivity index (χ3v) is 4.66. The first-order valence-corrected chi connectivity index (χ1v) is 9.73. The van der Waals surface area contributed by atoms with E-state index in [4.69, 9.17) is 9.47 Å². The molecule has 160 valence electrons. The van der Waals surface area contributed by atoms with Crippen LogP contribution in [0.5, 0.6) is 0 Å². The van der Waals surface area contributed by atoms with E-state index in [2.05, 4.69) is 4.98 Å². The van der Waals surface area contributed by atoms with E-state index in [1.807, 2.05) is 0 Å². The predicted octanol–water partition coefficient (Wildman–Crippen LogP) is 2.80. The van der Waals surface area contributed by atoms with Gasteiger partial charge >= 0.3 is 11.9 Å². The molecule has 2 rings (SSSR count). The van der Waals surface area contributed by atoms with Crippen LogP contribution in [0.1, 0.15) is 66.4 Å². The Bertz CT molecular complexity index is 773. The van der Waals surface area contributed by atoms with Crippen molar-refractivity contribution in [1.82, 2.24) is 4.98 Å². The van der Waals surface area contributed by atoms with E-state index in [1.54, 1.807) is 59.9 Å². The van der Waals surface area contributed by atoms with Crippen molar-refractivity contribution < 1.29 is 29.0 Å². The molecular weight excluding hydrogens is 374 g/mol. The Morgan fingerprint density at radius 3 is 2.14 bits per heavy atom. The lowest BCUT2D eigenvalue weighted by Crippen LogP contribution is -2.56. The molecule has 0 radical (unpaired) electrons. The van der Waals surface area contributed by atoms with E-state index in [1.165, 1.54) is 13.1 Å². The number of hydrogen-bond acceptors (Lipinski definition) is 7. The first-order chi connectivity index (χ1) is 13.1. The number of rotatable bonds is 3. The zero-order valence-corrected chi connectivity index (χ0v) is 18.2. The molecule has 7 nitrogen and oxygen atoms in total. The first-order valence-electron chi connectivity index (χ1n) is 9.73. The van der Waals surface area contributed by atoms with E-state index in [0.717, 1.165) is 0 Å². The number of ketones is 1. The van der Waals surface area contributed by atoms with Gasteiger partial charge in [0.2, 0.25) is 0 Å². The monoisotopic (exact) mass is 405 g/mol. The van der Waals surface area contributed by atoms with Crippen LogP contribution >= 0.6 is 0 Å². The minimum Gasteiger partial charge on any atom is -0.460 e. The van der Waals surface area contributed by atoms with Crippen molar-refractivity contribution in [3.63, 3.8) is 0 Å². The van der Waals surface area contributed by atoms with Crippen LogP contribution in [0.3, 0.4) is 0 Å². The maximum Gasteiger partial charge on any atom is 0.317 e. The van der Waals surface area contributed by atoms with Crippen molar-refractivity contribution >= 4 is 17.7 Å². The summed E-state index contributed by atoms with van der Waals surface area (Å²) in [6, 6.07) is 3.34. The Morgan fingerprint density at radius 2 is 1.66 bits per heavy atom. The summed E-state index contributed by atoms with van der Waals surface area (Å²) >= 11 is 0. The maximum absolute atomic E-state index is 13.1. The second-order valence-corrected chi connectivity index (χ2v) is 9.83. The SMILES string of the molecule is CC(C)(C)OC(=O)[C@H]1C(=O)C[C@@](C)(O)[C@H](C(=O)OC(C)(C)C)[C@@H]1c1cccnc1. The molecule has 0 aromatic carbocycles. The van der Waals surface area contributed by atoms with E-state index in [0.29, 0.717) is 5.56 Å². The minimum atomic E-state index is -1.68. The van der Waals surface area contributed by atoms with Crippen molar-refractivity contribution in [2.45, 2.75) is 77.6 Å². The van der Waals surface area contributed by atoms with Crippen molar-refractivity contribution in [3.8, 4) is 0 Å². The first kappa shape index (κ1) is 23.0. The summed E-state index contributed by atoms with van der Waals surface area (Å²) in [4.78, 5) is 43.1. The van der Waals surface area contributed by atoms with E-state index < -0.39 is 52.3 Å². The number of hydrogen-bond donors (Lipinski definition) is 1. The molecule has 0 aliphatic heterocycles. The molecule has 1 aromatic rings. The lowest BCUT2D eigenvalue weighted by Gasteiger charge is -2.44. The van der Waals surface area contributed by atoms with Gasteiger partial charge in [-0.25, -0.2) is 0 Å². The van der Waals surface area contributed by atoms with Gasteiger partial charge in [0, 0.05) is 24.7 Å². The quantitative estimate of drug-likeness (QED) is 0.609. The number of nitrogens with zero attached hydrogens (tertiary/aromatic N) is 1. The molecule has 0 saturated heterocycles. The second-order valence-electron chi connectivity index (χ2n) is 9.83. The average molecular weight is 405 g/mol. The minimum absolute atomic E-state index is 0.350. The van der Waals surface area contributed by atoms with Gasteiger partial charge in [0.05, 0.1) is 11.5 Å². The number of carbonyl (C=O) groups is 3. The van der Waals surface area contributed by atoms with Gasteiger partial charge in [0.1, 0.15) is 17.1 Å². The Morgan fingerprint density at radius 1 is 1.10 bits per heavy atom. The van der Waals surface area contributed by atoms with Gasteiger partial charge < -0.3 is 14.6 Å². The van der Waals surface area contributed by atoms with Crippen molar-refractivity contribution in [1.29, 1.82) is 0 Å². The summed E-state index contributed by atoms with van der Waals surface area (Å²) in [5.41, 5.74) is -2.79. The Balaban J connectivity index is 2.59. The van der Waals surface area contributed by atoms with Gasteiger partial charge in [-0.05, 0) is 60.1 Å². The topological polar surface area (TPSA) is 103 Å². The fourth-order valence-electron chi connectivity index (χ4n) is 3.72. The summed E-state index contributed by atoms with van der Waals surface area (Å²) < 4.78 is 11.0. The summed E-state index contributed by atoms with van der Waals surface area (Å²) in [5, 5.41) is 11.0. The molecule has 29 heavy (non-hydrogen) atoms. The molecule has 1 fully saturated rings. The van der Waals surface area contributed by atoms with Gasteiger partial charge in [-0.2, -0.15) is 0 Å². The molecule has 7 heteroatoms. The molecule has 0 amide bonds. The van der Waals surface area contributed by atoms with Crippen LogP contribution in [0, 0.1) is 11.8 Å². The van der Waals surface area contributed by atoms with Gasteiger partial charge in [-0.3, -0.25) is 19.4 Å². The molecule has 1 aromatic heterocycles. The summed E-state index contributed by atoms with van der Waals surface area (Å²) in [6.45, 7) is 11.7. The lowest BCUT2D eigenvalue weighted by atomic mass is 9.62. The van der Waals surface area contributed by atoms with E-state index in [-0.39, 0.29) is 6.42 Å². The number of esters is 2. The molecule has 0 bridgehead atoms. The highest BCUT2D eigenvalue weighted by molar-refractivity contribution is 6.03. The van der Waals surface area contributed by atoms with Gasteiger partial charge in [-0.1, -0.05) is 6.07 Å². The third-order valence-electron chi connectivity index (χ3n) is 4.66. The van der Waals surface area contributed by atoms with Crippen LogP contribution in [0.25, 0.3) is 0 Å². The normalized spacial score (nSPS) is 28.0. The molecular formula is C22H31NO6. The smallest absolute Gasteiger partial charge is 0.317 e. The largest absolute Gasteiger partial charge is 0.460 e. The number of aromatic nitrogens is 1. The fourth-order valence-corrected chi connectivity index (χ4v) is 3.72. The average Bonchev–Trinajstić information content (AvgIpc) is 2.50. The Kier molecular flexibility index (Phi) is 6.23. The Labute approximate surface area is 171 Å². The number of aliphatic hydroxyl groups is 1. The molecule has 1 saturated carbocycles. The van der Waals surface area contributed by atoms with Gasteiger partial charge in [0.25, 0.3) is 0 Å². The highest BCUT2D eigenvalue weighted by Gasteiger charge is 2.57. The molecule has 0 spiro atoms. The van der Waals surface area contributed by atoms with Gasteiger partial charge in [0.15, 0.2) is 5.78 Å². The van der Waals surface area contributed by atoms with Crippen molar-refractivity contribution in [3.05, 3.63) is 30.1 Å². The van der Waals surface area contributed by atoms with Crippen LogP contribution in [0.15, 0.2) is 24.5 Å². The standard InChI is InChI=1S/C22H31NO6/c1-20(2,3)28-18(25)16-14(24)11-22(7,27)17(19(26)29-21(4,5)6)15(16)13-9-8-10-23-12-13/h8-10,12,15-17,27H,11H2,1-7H3/t15-,16+,17+,22-/m1/s1. The van der Waals surface area contributed by atoms with Crippen LogP contribution in [-0.2, 0) is 23.9 Å². The van der Waals surface area contributed by atoms with Crippen LogP contribution < -0.4 is 0 Å². The third kappa shape index (κ3) is 5.63. The van der Waals surface area contributed by atoms with Crippen molar-refractivity contribution in [2.75, 3.05) is 0 Å². The highest BCUT2D eigenvalue weighted by atomic mass is 16.6. The molecule has 1 aliphatic rings. The zero-order chi connectivity index (χ0) is 22.2. The van der Waals surface area contributed by atoms with E-state index >= 15 is 0 Å². The fraction of sp³-hybridized carbons (Fsp3) is 0.636. The van der Waals surface area contributed by atoms with Gasteiger partial charge in [-0.15, -0.1) is 0 Å². The summed E-state index contributed by atoms with van der Waals surface area (Å²) in [7, 11) is 0. The molecule has 1 aliphatic carbocycles. The molecule has 1 N–H and O–H groups in total. The van der Waals surface area contributed by atoms with Crippen LogP contribution in [0.2, 0.25) is 0 Å². The maximum atomic E-state index is 13.1. The number of carbonyl (C=O) groups excluding carboxylic acids is 3. The number of pyridine rings is 1. The molecule has 4 atom stereocenters. The predicted molar refractivity (Wildman–Crippen MR) is 106 cm³/mol.